The number of benzene rings is 1. The first-order valence-corrected chi connectivity index (χ1v) is 9.53. The maximum atomic E-state index is 12.7. The van der Waals surface area contributed by atoms with Crippen molar-refractivity contribution in [1.29, 1.82) is 0 Å². The van der Waals surface area contributed by atoms with Gasteiger partial charge in [-0.1, -0.05) is 18.2 Å². The summed E-state index contributed by atoms with van der Waals surface area (Å²) < 4.78 is 39.0. The van der Waals surface area contributed by atoms with Gasteiger partial charge in [-0.05, 0) is 39.7 Å². The van der Waals surface area contributed by atoms with Crippen molar-refractivity contribution in [1.82, 2.24) is 19.9 Å². The molecule has 0 fully saturated rings. The summed E-state index contributed by atoms with van der Waals surface area (Å²) in [6.45, 7) is 2.38. The lowest BCUT2D eigenvalue weighted by atomic mass is 10.1. The van der Waals surface area contributed by atoms with Crippen LogP contribution in [-0.4, -0.2) is 26.4 Å². The molecule has 0 saturated heterocycles. The van der Waals surface area contributed by atoms with Gasteiger partial charge in [0.05, 0.1) is 11.3 Å². The topological polar surface area (TPSA) is 41.9 Å². The zero-order valence-corrected chi connectivity index (χ0v) is 16.3. The summed E-state index contributed by atoms with van der Waals surface area (Å²) >= 11 is 3.33. The second kappa shape index (κ2) is 7.60. The molecule has 28 heavy (non-hydrogen) atoms. The number of rotatable bonds is 3. The number of aromatic nitrogens is 3. The van der Waals surface area contributed by atoms with Crippen LogP contribution in [0.5, 0.6) is 0 Å². The Labute approximate surface area is 168 Å². The van der Waals surface area contributed by atoms with E-state index >= 15 is 0 Å². The normalized spacial score (nSPS) is 14.7. The van der Waals surface area contributed by atoms with Gasteiger partial charge in [0.25, 0.3) is 0 Å². The maximum Gasteiger partial charge on any atom is 0.416 e. The van der Waals surface area contributed by atoms with Crippen molar-refractivity contribution in [2.45, 2.75) is 25.7 Å². The largest absolute Gasteiger partial charge is 0.416 e. The van der Waals surface area contributed by atoms with E-state index in [-0.39, 0.29) is 0 Å². The van der Waals surface area contributed by atoms with E-state index in [9.17, 15) is 13.2 Å². The molecule has 0 unspecified atom stereocenters. The summed E-state index contributed by atoms with van der Waals surface area (Å²) in [6.07, 6.45) is 0.0592. The Morgan fingerprint density at radius 2 is 1.79 bits per heavy atom. The van der Waals surface area contributed by atoms with Gasteiger partial charge in [0.1, 0.15) is 4.60 Å². The third kappa shape index (κ3) is 4.23. The number of pyridine rings is 1. The highest BCUT2D eigenvalue weighted by Crippen LogP contribution is 2.30. The Balaban J connectivity index is 1.49. The number of hydrogen-bond acceptors (Lipinski definition) is 4. The van der Waals surface area contributed by atoms with E-state index < -0.39 is 11.7 Å². The number of halogens is 4. The van der Waals surface area contributed by atoms with Gasteiger partial charge < -0.3 is 0 Å². The van der Waals surface area contributed by atoms with E-state index in [1.165, 1.54) is 12.1 Å². The number of hydrogen-bond donors (Lipinski definition) is 0. The fourth-order valence-electron chi connectivity index (χ4n) is 3.22. The van der Waals surface area contributed by atoms with Crippen LogP contribution in [0.4, 0.5) is 13.2 Å². The van der Waals surface area contributed by atoms with Gasteiger partial charge in [0.2, 0.25) is 0 Å². The summed E-state index contributed by atoms with van der Waals surface area (Å²) in [5.74, 6) is 0.457. The molecule has 1 aromatic carbocycles. The molecular weight excluding hydrogens is 433 g/mol. The lowest BCUT2D eigenvalue weighted by molar-refractivity contribution is -0.137. The number of alkyl halides is 3. The summed E-state index contributed by atoms with van der Waals surface area (Å²) in [5.41, 5.74) is 3.04. The highest BCUT2D eigenvalue weighted by atomic mass is 79.9. The molecule has 0 aliphatic carbocycles. The first-order chi connectivity index (χ1) is 13.4. The zero-order chi connectivity index (χ0) is 19.7. The molecule has 8 heteroatoms. The Morgan fingerprint density at radius 3 is 2.46 bits per heavy atom. The van der Waals surface area contributed by atoms with Gasteiger partial charge in [0, 0.05) is 49.6 Å². The van der Waals surface area contributed by atoms with Crippen molar-refractivity contribution >= 4 is 15.9 Å². The smallest absolute Gasteiger partial charge is 0.294 e. The van der Waals surface area contributed by atoms with Gasteiger partial charge in [-0.2, -0.15) is 13.2 Å². The van der Waals surface area contributed by atoms with Crippen LogP contribution in [0.25, 0.3) is 11.4 Å². The first-order valence-electron chi connectivity index (χ1n) is 8.74. The van der Waals surface area contributed by atoms with Gasteiger partial charge >= 0.3 is 6.18 Å². The van der Waals surface area contributed by atoms with E-state index in [1.54, 1.807) is 6.20 Å². The fourth-order valence-corrected chi connectivity index (χ4v) is 3.45. The van der Waals surface area contributed by atoms with Crippen LogP contribution in [0.15, 0.2) is 53.4 Å². The molecule has 4 nitrogen and oxygen atoms in total. The highest BCUT2D eigenvalue weighted by Gasteiger charge is 2.30. The maximum absolute atomic E-state index is 12.7. The monoisotopic (exact) mass is 448 g/mol. The van der Waals surface area contributed by atoms with Crippen molar-refractivity contribution < 1.29 is 13.2 Å². The standard InChI is InChI=1S/C20H16BrF3N4/c21-18-6-1-13(9-25-18)11-28-8-7-17-15(12-28)10-26-19(27-17)14-2-4-16(5-3-14)20(22,23)24/h1-6,9-10H,7-8,11-12H2. The minimum absolute atomic E-state index is 0.457. The summed E-state index contributed by atoms with van der Waals surface area (Å²) in [4.78, 5) is 15.5. The van der Waals surface area contributed by atoms with Gasteiger partial charge in [-0.25, -0.2) is 15.0 Å². The van der Waals surface area contributed by atoms with Gasteiger partial charge in [0.15, 0.2) is 5.82 Å². The molecule has 0 saturated carbocycles. The minimum atomic E-state index is -4.34. The van der Waals surface area contributed by atoms with Crippen LogP contribution in [0.1, 0.15) is 22.4 Å². The molecule has 1 aliphatic heterocycles. The molecule has 0 bridgehead atoms. The van der Waals surface area contributed by atoms with Crippen LogP contribution in [-0.2, 0) is 25.7 Å². The molecule has 2 aromatic heterocycles. The summed E-state index contributed by atoms with van der Waals surface area (Å²) in [5, 5.41) is 0. The molecule has 144 valence electrons. The minimum Gasteiger partial charge on any atom is -0.294 e. The van der Waals surface area contributed by atoms with Gasteiger partial charge in [-0.3, -0.25) is 4.90 Å². The van der Waals surface area contributed by atoms with E-state index in [0.29, 0.717) is 11.4 Å². The second-order valence-electron chi connectivity index (χ2n) is 6.69. The Kier molecular flexibility index (Phi) is 5.16. The van der Waals surface area contributed by atoms with Crippen LogP contribution in [0, 0.1) is 0 Å². The third-order valence-corrected chi connectivity index (χ3v) is 5.15. The van der Waals surface area contributed by atoms with Crippen molar-refractivity contribution in [3.05, 3.63) is 75.8 Å². The highest BCUT2D eigenvalue weighted by molar-refractivity contribution is 9.10. The third-order valence-electron chi connectivity index (χ3n) is 4.68. The Hall–Kier alpha value is -2.32. The molecule has 3 heterocycles. The Morgan fingerprint density at radius 1 is 1.00 bits per heavy atom. The molecule has 3 aromatic rings. The second-order valence-corrected chi connectivity index (χ2v) is 7.50. The van der Waals surface area contributed by atoms with E-state index in [4.69, 9.17) is 0 Å². The summed E-state index contributed by atoms with van der Waals surface area (Å²) in [7, 11) is 0. The van der Waals surface area contributed by atoms with Crippen molar-refractivity contribution in [3.63, 3.8) is 0 Å². The van der Waals surface area contributed by atoms with Gasteiger partial charge in [-0.15, -0.1) is 0 Å². The molecule has 4 rings (SSSR count). The molecule has 0 radical (unpaired) electrons. The number of fused-ring (bicyclic) bond motifs is 1. The van der Waals surface area contributed by atoms with Crippen LogP contribution >= 0.6 is 15.9 Å². The van der Waals surface area contributed by atoms with E-state index in [1.807, 2.05) is 18.3 Å². The molecule has 0 atom stereocenters. The average molecular weight is 449 g/mol. The first kappa shape index (κ1) is 19.0. The average Bonchev–Trinajstić information content (AvgIpc) is 2.69. The Bertz CT molecular complexity index is 972. The van der Waals surface area contributed by atoms with Crippen molar-refractivity contribution in [2.24, 2.45) is 0 Å². The molecular formula is C20H16BrF3N4. The predicted molar refractivity (Wildman–Crippen MR) is 102 cm³/mol. The lowest BCUT2D eigenvalue weighted by Crippen LogP contribution is -2.31. The molecule has 0 spiro atoms. The fraction of sp³-hybridized carbons (Fsp3) is 0.250. The molecule has 0 N–H and O–H groups in total. The lowest BCUT2D eigenvalue weighted by Gasteiger charge is -2.28. The van der Waals surface area contributed by atoms with E-state index in [2.05, 4.69) is 35.8 Å². The van der Waals surface area contributed by atoms with Crippen molar-refractivity contribution in [2.75, 3.05) is 6.54 Å². The summed E-state index contributed by atoms with van der Waals surface area (Å²) in [6, 6.07) is 8.92. The molecule has 1 aliphatic rings. The quantitative estimate of drug-likeness (QED) is 0.535. The number of nitrogens with zero attached hydrogens (tertiary/aromatic N) is 4. The van der Waals surface area contributed by atoms with Crippen LogP contribution in [0.2, 0.25) is 0 Å². The SMILES string of the molecule is FC(F)(F)c1ccc(-c2ncc3c(n2)CCN(Cc2ccc(Br)nc2)C3)cc1. The van der Waals surface area contributed by atoms with Crippen LogP contribution < -0.4 is 0 Å². The van der Waals surface area contributed by atoms with Crippen LogP contribution in [0.3, 0.4) is 0 Å². The zero-order valence-electron chi connectivity index (χ0n) is 14.7. The van der Waals surface area contributed by atoms with Crippen molar-refractivity contribution in [3.8, 4) is 11.4 Å². The van der Waals surface area contributed by atoms with E-state index in [0.717, 1.165) is 59.6 Å². The predicted octanol–water partition coefficient (Wildman–Crippen LogP) is 4.88. The molecule has 0 amide bonds.